The van der Waals surface area contributed by atoms with E-state index in [1.54, 1.807) is 63.9 Å². The number of amidine groups is 1. The quantitative estimate of drug-likeness (QED) is 0.0853. The summed E-state index contributed by atoms with van der Waals surface area (Å²) < 4.78 is 7.29. The van der Waals surface area contributed by atoms with Gasteiger partial charge in [0.1, 0.15) is 5.84 Å². The average molecular weight is 700 g/mol. The predicted molar refractivity (Wildman–Crippen MR) is 206 cm³/mol. The lowest BCUT2D eigenvalue weighted by atomic mass is 10.1. The molecule has 0 unspecified atom stereocenters. The molecule has 1 saturated carbocycles. The van der Waals surface area contributed by atoms with Gasteiger partial charge in [0.15, 0.2) is 5.75 Å². The van der Waals surface area contributed by atoms with E-state index in [1.165, 1.54) is 11.7 Å². The van der Waals surface area contributed by atoms with E-state index in [2.05, 4.69) is 31.3 Å². The largest absolute Gasteiger partial charge is 0.494 e. The first kappa shape index (κ1) is 41.7. The van der Waals surface area contributed by atoms with Gasteiger partial charge in [-0.1, -0.05) is 52.0 Å². The van der Waals surface area contributed by atoms with Crippen molar-refractivity contribution < 1.29 is 19.1 Å². The van der Waals surface area contributed by atoms with Crippen molar-refractivity contribution in [3.8, 4) is 5.75 Å². The Labute approximate surface area is 301 Å². The molecule has 12 nitrogen and oxygen atoms in total. The molecule has 0 atom stereocenters. The number of rotatable bonds is 15. The minimum Gasteiger partial charge on any atom is -0.494 e. The number of pyridine rings is 1. The fourth-order valence-electron chi connectivity index (χ4n) is 4.76. The van der Waals surface area contributed by atoms with Crippen LogP contribution in [0.5, 0.6) is 5.75 Å². The van der Waals surface area contributed by atoms with Crippen LogP contribution in [0.2, 0.25) is 0 Å². The van der Waals surface area contributed by atoms with Crippen molar-refractivity contribution in [3.63, 3.8) is 0 Å². The Morgan fingerprint density at radius 2 is 1.78 bits per heavy atom. The van der Waals surface area contributed by atoms with Crippen LogP contribution in [0.4, 0.5) is 5.69 Å². The van der Waals surface area contributed by atoms with E-state index in [9.17, 15) is 19.2 Å². The molecule has 3 rings (SSSR count). The maximum atomic E-state index is 13.0. The third-order valence-electron chi connectivity index (χ3n) is 7.54. The van der Waals surface area contributed by atoms with Crippen LogP contribution in [-0.2, 0) is 27.9 Å². The molecule has 1 aromatic heterocycles. The molecule has 2 aromatic rings. The first-order chi connectivity index (χ1) is 24.6. The number of nitrogens with one attached hydrogen (secondary N) is 4. The number of methoxy groups -OCH3 is 1. The molecule has 1 heterocycles. The molecule has 4 N–H and O–H groups in total. The second-order valence-electron chi connectivity index (χ2n) is 11.3. The summed E-state index contributed by atoms with van der Waals surface area (Å²) in [7, 11) is 6.30. The summed E-state index contributed by atoms with van der Waals surface area (Å²) in [6, 6.07) is 8.85. The number of aryl methyl sites for hydroxylation is 1. The summed E-state index contributed by atoms with van der Waals surface area (Å²) in [5.41, 5.74) is 3.18. The van der Waals surface area contributed by atoms with Crippen molar-refractivity contribution in [3.05, 3.63) is 105 Å². The summed E-state index contributed by atoms with van der Waals surface area (Å²) in [5, 5.41) is 11.7. The number of benzene rings is 1. The van der Waals surface area contributed by atoms with E-state index in [1.807, 2.05) is 58.9 Å². The number of carbonyl (C=O) groups is 3. The van der Waals surface area contributed by atoms with E-state index in [4.69, 9.17) is 4.74 Å². The SMILES string of the molecule is CC.CC/C=C(C(=O)NC)/C(=C\C(=NC)NC(=O)C1CC1)Nc1cccc(C(C)=N/C=C(\C=C\CC)NC(=O)Cc2cccn(C)c2=O)c1OC. The Bertz CT molecular complexity index is 1780. The van der Waals surface area contributed by atoms with Crippen molar-refractivity contribution >= 4 is 35.0 Å². The third-order valence-corrected chi connectivity index (χ3v) is 7.54. The number of para-hydroxylation sites is 1. The fourth-order valence-corrected chi connectivity index (χ4v) is 4.76. The lowest BCUT2D eigenvalue weighted by molar-refractivity contribution is -0.121. The van der Waals surface area contributed by atoms with Gasteiger partial charge in [0.25, 0.3) is 11.5 Å². The molecule has 12 heteroatoms. The molecule has 274 valence electrons. The van der Waals surface area contributed by atoms with Crippen LogP contribution in [0, 0.1) is 5.92 Å². The first-order valence-corrected chi connectivity index (χ1v) is 17.3. The number of hydrogen-bond acceptors (Lipinski definition) is 8. The van der Waals surface area contributed by atoms with Gasteiger partial charge < -0.3 is 30.6 Å². The number of aliphatic imine (C=N–C) groups is 2. The molecule has 0 bridgehead atoms. The van der Waals surface area contributed by atoms with Gasteiger partial charge in [-0.25, -0.2) is 0 Å². The van der Waals surface area contributed by atoms with Crippen LogP contribution in [0.1, 0.15) is 71.4 Å². The van der Waals surface area contributed by atoms with Gasteiger partial charge in [-0.15, -0.1) is 0 Å². The Morgan fingerprint density at radius 1 is 1.06 bits per heavy atom. The van der Waals surface area contributed by atoms with Crippen molar-refractivity contribution in [2.24, 2.45) is 23.0 Å². The monoisotopic (exact) mass is 699 g/mol. The van der Waals surface area contributed by atoms with Gasteiger partial charge >= 0.3 is 0 Å². The van der Waals surface area contributed by atoms with E-state index >= 15 is 0 Å². The van der Waals surface area contributed by atoms with Crippen LogP contribution in [0.15, 0.2) is 98.8 Å². The highest BCUT2D eigenvalue weighted by Gasteiger charge is 2.30. The molecule has 1 aliphatic carbocycles. The number of hydrogen-bond donors (Lipinski definition) is 4. The van der Waals surface area contributed by atoms with Gasteiger partial charge in [-0.3, -0.25) is 29.2 Å². The van der Waals surface area contributed by atoms with Crippen molar-refractivity contribution in [1.29, 1.82) is 0 Å². The van der Waals surface area contributed by atoms with Crippen LogP contribution in [0.25, 0.3) is 0 Å². The number of aromatic nitrogens is 1. The van der Waals surface area contributed by atoms with Gasteiger partial charge in [-0.05, 0) is 56.9 Å². The number of nitrogens with zero attached hydrogens (tertiary/aromatic N) is 3. The van der Waals surface area contributed by atoms with Crippen LogP contribution >= 0.6 is 0 Å². The van der Waals surface area contributed by atoms with Gasteiger partial charge in [0, 0.05) is 56.2 Å². The molecule has 0 saturated heterocycles. The van der Waals surface area contributed by atoms with Crippen LogP contribution < -0.4 is 31.6 Å². The van der Waals surface area contributed by atoms with Crippen molar-refractivity contribution in [2.45, 2.75) is 66.7 Å². The molecule has 0 spiro atoms. The summed E-state index contributed by atoms with van der Waals surface area (Å²) in [6.45, 7) is 9.72. The molecule has 3 amide bonds. The third kappa shape index (κ3) is 12.7. The number of likely N-dealkylation sites (N-methyl/N-ethyl adjacent to an activating group) is 1. The van der Waals surface area contributed by atoms with E-state index in [0.717, 1.165) is 19.3 Å². The smallest absolute Gasteiger partial charge is 0.253 e. The van der Waals surface area contributed by atoms with Gasteiger partial charge in [-0.2, -0.15) is 0 Å². The maximum Gasteiger partial charge on any atom is 0.253 e. The van der Waals surface area contributed by atoms with Crippen LogP contribution in [-0.4, -0.2) is 55.0 Å². The van der Waals surface area contributed by atoms with E-state index in [0.29, 0.717) is 57.5 Å². The number of ether oxygens (including phenoxy) is 1. The summed E-state index contributed by atoms with van der Waals surface area (Å²) in [6.07, 6.45) is 13.2. The number of anilines is 1. The van der Waals surface area contributed by atoms with Crippen molar-refractivity contribution in [1.82, 2.24) is 20.5 Å². The lowest BCUT2D eigenvalue weighted by Gasteiger charge is -2.19. The summed E-state index contributed by atoms with van der Waals surface area (Å²) in [4.78, 5) is 59.8. The Morgan fingerprint density at radius 3 is 2.39 bits per heavy atom. The summed E-state index contributed by atoms with van der Waals surface area (Å²) >= 11 is 0. The molecule has 51 heavy (non-hydrogen) atoms. The number of allylic oxidation sites excluding steroid dienone is 3. The Kier molecular flexibility index (Phi) is 17.6. The topological polar surface area (TPSA) is 155 Å². The minimum absolute atomic E-state index is 0.0246. The molecular weight excluding hydrogens is 646 g/mol. The highest BCUT2D eigenvalue weighted by molar-refractivity contribution is 6.09. The highest BCUT2D eigenvalue weighted by atomic mass is 16.5. The first-order valence-electron chi connectivity index (χ1n) is 17.3. The lowest BCUT2D eigenvalue weighted by Crippen LogP contribution is -2.32. The van der Waals surface area contributed by atoms with Crippen molar-refractivity contribution in [2.75, 3.05) is 26.5 Å². The standard InChI is InChI=1S/C37H47N7O5.C2H6/c1-8-10-15-27(41-33(45)21-26-14-12-20-44(6)37(26)48)23-40-24(3)28-16-11-17-30(34(28)49-7)42-31(29(13-9-2)36(47)39-5)22-32(38-4)43-35(46)25-18-19-25;1-2/h10-17,20,22-23,25,42H,8-9,18-19,21H2,1-7H3,(H,39,47)(H,41,45)(H,38,43,46);1-2H3/b15-10+,27-23+,29-13-,31-22+,40-24?;. The van der Waals surface area contributed by atoms with Crippen LogP contribution in [0.3, 0.4) is 0 Å². The van der Waals surface area contributed by atoms with E-state index in [-0.39, 0.29) is 35.6 Å². The normalized spacial score (nSPS) is 14.0. The molecular formula is C39H53N7O5. The predicted octanol–water partition coefficient (Wildman–Crippen LogP) is 5.33. The fraction of sp³-hybridized carbons (Fsp3) is 0.385. The zero-order valence-corrected chi connectivity index (χ0v) is 31.3. The Hall–Kier alpha value is -5.52. The maximum absolute atomic E-state index is 13.0. The van der Waals surface area contributed by atoms with Gasteiger partial charge in [0.05, 0.1) is 42.4 Å². The van der Waals surface area contributed by atoms with E-state index < -0.39 is 0 Å². The minimum atomic E-state index is -0.346. The zero-order chi connectivity index (χ0) is 37.9. The molecule has 0 radical (unpaired) electrons. The second kappa shape index (κ2) is 21.5. The molecule has 0 aliphatic heterocycles. The zero-order valence-electron chi connectivity index (χ0n) is 31.3. The molecule has 1 aromatic carbocycles. The second-order valence-corrected chi connectivity index (χ2v) is 11.3. The summed E-state index contributed by atoms with van der Waals surface area (Å²) in [5.74, 6) is -0.0200. The Balaban J connectivity index is 0.00000442. The molecule has 1 fully saturated rings. The highest BCUT2D eigenvalue weighted by Crippen LogP contribution is 2.32. The number of amides is 3. The van der Waals surface area contributed by atoms with Gasteiger partial charge in [0.2, 0.25) is 11.8 Å². The molecule has 1 aliphatic rings. The average Bonchev–Trinajstić information content (AvgIpc) is 3.99. The number of carbonyl (C=O) groups excluding carboxylic acids is 3.